The zero-order valence-electron chi connectivity index (χ0n) is 12.0. The number of hydrogen-bond donors (Lipinski definition) is 0. The van der Waals surface area contributed by atoms with Gasteiger partial charge in [0.2, 0.25) is 0 Å². The number of unbranched alkanes of at least 4 members (excludes halogenated alkanes) is 1. The van der Waals surface area contributed by atoms with Gasteiger partial charge >= 0.3 is 0 Å². The maximum atomic E-state index is 3.75. The van der Waals surface area contributed by atoms with Gasteiger partial charge in [-0.15, -0.1) is 6.58 Å². The van der Waals surface area contributed by atoms with Crippen molar-refractivity contribution in [1.82, 2.24) is 0 Å². The summed E-state index contributed by atoms with van der Waals surface area (Å²) in [6, 6.07) is 16.8. The monoisotopic (exact) mass is 260 g/mol. The van der Waals surface area contributed by atoms with Gasteiger partial charge in [-0.05, 0) is 56.0 Å². The van der Waals surface area contributed by atoms with E-state index >= 15 is 0 Å². The Labute approximate surface area is 122 Å². The van der Waals surface area contributed by atoms with E-state index in [1.807, 2.05) is 6.08 Å². The molecule has 2 aromatic carbocycles. The van der Waals surface area contributed by atoms with Crippen LogP contribution < -0.4 is 0 Å². The molecule has 0 spiro atoms. The van der Waals surface area contributed by atoms with Crippen molar-refractivity contribution >= 4 is 0 Å². The normalized spacial score (nSPS) is 9.65. The van der Waals surface area contributed by atoms with Crippen LogP contribution in [-0.4, -0.2) is 0 Å². The Balaban J connectivity index is 2.00. The van der Waals surface area contributed by atoms with Gasteiger partial charge in [-0.2, -0.15) is 0 Å². The average molecular weight is 260 g/mol. The topological polar surface area (TPSA) is 0 Å². The highest BCUT2D eigenvalue weighted by Gasteiger charge is 1.93. The standard InChI is InChI=1S/C20H20/c1-3-4-5-6-18-11-13-20(14-12-18)16-15-19-9-7-17(2)8-10-19/h3,7-14H,1,4-6H2,2H3. The summed E-state index contributed by atoms with van der Waals surface area (Å²) in [5.74, 6) is 6.41. The van der Waals surface area contributed by atoms with E-state index in [1.165, 1.54) is 11.1 Å². The lowest BCUT2D eigenvalue weighted by Crippen LogP contribution is -1.85. The number of hydrogen-bond acceptors (Lipinski definition) is 0. The highest BCUT2D eigenvalue weighted by Crippen LogP contribution is 2.08. The first kappa shape index (κ1) is 14.2. The highest BCUT2D eigenvalue weighted by molar-refractivity contribution is 5.43. The maximum absolute atomic E-state index is 3.75. The molecule has 0 fully saturated rings. The van der Waals surface area contributed by atoms with Gasteiger partial charge in [0, 0.05) is 11.1 Å². The van der Waals surface area contributed by atoms with Crippen molar-refractivity contribution < 1.29 is 0 Å². The third kappa shape index (κ3) is 4.44. The number of benzene rings is 2. The molecule has 2 rings (SSSR count). The van der Waals surface area contributed by atoms with Crippen LogP contribution in [-0.2, 0) is 6.42 Å². The third-order valence-electron chi connectivity index (χ3n) is 3.23. The summed E-state index contributed by atoms with van der Waals surface area (Å²) >= 11 is 0. The van der Waals surface area contributed by atoms with Crippen LogP contribution in [0, 0.1) is 18.8 Å². The van der Waals surface area contributed by atoms with Crippen LogP contribution in [0.2, 0.25) is 0 Å². The molecule has 0 heteroatoms. The van der Waals surface area contributed by atoms with Crippen LogP contribution in [0.3, 0.4) is 0 Å². The van der Waals surface area contributed by atoms with E-state index in [2.05, 4.69) is 73.9 Å². The molecule has 2 aromatic rings. The third-order valence-corrected chi connectivity index (χ3v) is 3.23. The van der Waals surface area contributed by atoms with Gasteiger partial charge in [0.15, 0.2) is 0 Å². The van der Waals surface area contributed by atoms with Gasteiger partial charge in [-0.3, -0.25) is 0 Å². The minimum absolute atomic E-state index is 1.06. The van der Waals surface area contributed by atoms with E-state index in [-0.39, 0.29) is 0 Å². The molecule has 0 bridgehead atoms. The van der Waals surface area contributed by atoms with Crippen LogP contribution in [0.15, 0.2) is 61.2 Å². The summed E-state index contributed by atoms with van der Waals surface area (Å²) in [5, 5.41) is 0. The van der Waals surface area contributed by atoms with E-state index in [1.54, 1.807) is 0 Å². The Kier molecular flexibility index (Phi) is 5.21. The van der Waals surface area contributed by atoms with E-state index in [9.17, 15) is 0 Å². The van der Waals surface area contributed by atoms with Crippen molar-refractivity contribution in [3.05, 3.63) is 83.4 Å². The van der Waals surface area contributed by atoms with Crippen molar-refractivity contribution in [2.75, 3.05) is 0 Å². The first-order chi connectivity index (χ1) is 9.78. The minimum Gasteiger partial charge on any atom is -0.103 e. The van der Waals surface area contributed by atoms with Gasteiger partial charge < -0.3 is 0 Å². The SMILES string of the molecule is C=CCCCc1ccc(C#Cc2ccc(C)cc2)cc1. The Morgan fingerprint density at radius 3 is 2.00 bits per heavy atom. The van der Waals surface area contributed by atoms with Crippen molar-refractivity contribution in [1.29, 1.82) is 0 Å². The lowest BCUT2D eigenvalue weighted by molar-refractivity contribution is 0.844. The van der Waals surface area contributed by atoms with Crippen LogP contribution in [0.25, 0.3) is 0 Å². The Morgan fingerprint density at radius 2 is 1.45 bits per heavy atom. The molecule has 0 amide bonds. The fraction of sp³-hybridized carbons (Fsp3) is 0.200. The van der Waals surface area contributed by atoms with Gasteiger partial charge in [-0.1, -0.05) is 47.7 Å². The van der Waals surface area contributed by atoms with E-state index < -0.39 is 0 Å². The predicted molar refractivity (Wildman–Crippen MR) is 86.7 cm³/mol. The molecule has 100 valence electrons. The molecule has 0 unspecified atom stereocenters. The number of aryl methyl sites for hydroxylation is 2. The zero-order valence-corrected chi connectivity index (χ0v) is 12.0. The molecule has 0 radical (unpaired) electrons. The minimum atomic E-state index is 1.06. The number of rotatable bonds is 4. The number of allylic oxidation sites excluding steroid dienone is 1. The molecular weight excluding hydrogens is 240 g/mol. The quantitative estimate of drug-likeness (QED) is 0.416. The smallest absolute Gasteiger partial charge is 0.0249 e. The lowest BCUT2D eigenvalue weighted by atomic mass is 10.1. The second kappa shape index (κ2) is 7.36. The molecule has 0 heterocycles. The second-order valence-corrected chi connectivity index (χ2v) is 4.99. The molecule has 0 saturated heterocycles. The second-order valence-electron chi connectivity index (χ2n) is 4.99. The Bertz CT molecular complexity index is 604. The van der Waals surface area contributed by atoms with Gasteiger partial charge in [0.25, 0.3) is 0 Å². The molecule has 0 aliphatic carbocycles. The Morgan fingerprint density at radius 1 is 0.900 bits per heavy atom. The molecule has 0 aromatic heterocycles. The van der Waals surface area contributed by atoms with Crippen molar-refractivity contribution in [2.45, 2.75) is 26.2 Å². The summed E-state index contributed by atoms with van der Waals surface area (Å²) in [6.07, 6.45) is 5.33. The first-order valence-corrected chi connectivity index (χ1v) is 7.06. The average Bonchev–Trinajstić information content (AvgIpc) is 2.48. The lowest BCUT2D eigenvalue weighted by Gasteiger charge is -1.99. The van der Waals surface area contributed by atoms with Crippen LogP contribution >= 0.6 is 0 Å². The molecule has 0 nitrogen and oxygen atoms in total. The summed E-state index contributed by atoms with van der Waals surface area (Å²) < 4.78 is 0. The summed E-state index contributed by atoms with van der Waals surface area (Å²) in [5.41, 5.74) is 4.76. The van der Waals surface area contributed by atoms with Crippen molar-refractivity contribution in [2.24, 2.45) is 0 Å². The Hall–Kier alpha value is -2.26. The van der Waals surface area contributed by atoms with Gasteiger partial charge in [-0.25, -0.2) is 0 Å². The first-order valence-electron chi connectivity index (χ1n) is 7.06. The summed E-state index contributed by atoms with van der Waals surface area (Å²) in [7, 11) is 0. The van der Waals surface area contributed by atoms with Gasteiger partial charge in [0.05, 0.1) is 0 Å². The molecule has 0 aliphatic heterocycles. The van der Waals surface area contributed by atoms with E-state index in [0.29, 0.717) is 0 Å². The zero-order chi connectivity index (χ0) is 14.2. The van der Waals surface area contributed by atoms with Crippen LogP contribution in [0.5, 0.6) is 0 Å². The largest absolute Gasteiger partial charge is 0.103 e. The van der Waals surface area contributed by atoms with Crippen molar-refractivity contribution in [3.63, 3.8) is 0 Å². The fourth-order valence-corrected chi connectivity index (χ4v) is 1.99. The molecule has 20 heavy (non-hydrogen) atoms. The molecular formula is C20H20. The summed E-state index contributed by atoms with van der Waals surface area (Å²) in [4.78, 5) is 0. The predicted octanol–water partition coefficient (Wildman–Crippen LogP) is 4.90. The highest BCUT2D eigenvalue weighted by atomic mass is 14.0. The molecule has 0 saturated carbocycles. The fourth-order valence-electron chi connectivity index (χ4n) is 1.99. The van der Waals surface area contributed by atoms with E-state index in [0.717, 1.165) is 30.4 Å². The van der Waals surface area contributed by atoms with Crippen LogP contribution in [0.4, 0.5) is 0 Å². The molecule has 0 atom stereocenters. The molecule has 0 aliphatic rings. The molecule has 0 N–H and O–H groups in total. The van der Waals surface area contributed by atoms with Gasteiger partial charge in [0.1, 0.15) is 0 Å². The van der Waals surface area contributed by atoms with E-state index in [4.69, 9.17) is 0 Å². The maximum Gasteiger partial charge on any atom is 0.0249 e. The van der Waals surface area contributed by atoms with Crippen LogP contribution in [0.1, 0.15) is 35.1 Å². The summed E-state index contributed by atoms with van der Waals surface area (Å²) in [6.45, 7) is 5.83. The van der Waals surface area contributed by atoms with Crippen molar-refractivity contribution in [3.8, 4) is 11.8 Å².